The van der Waals surface area contributed by atoms with Crippen LogP contribution in [0.2, 0.25) is 0 Å². The molecule has 174 valence electrons. The van der Waals surface area contributed by atoms with Gasteiger partial charge in [-0.25, -0.2) is 0 Å². The molecule has 1 aliphatic heterocycles. The van der Waals surface area contributed by atoms with Crippen LogP contribution >= 0.6 is 15.9 Å². The molecule has 1 fully saturated rings. The highest BCUT2D eigenvalue weighted by atomic mass is 79.9. The molecule has 1 aromatic heterocycles. The van der Waals surface area contributed by atoms with Crippen molar-refractivity contribution in [3.63, 3.8) is 0 Å². The number of ketones is 1. The Bertz CT molecular complexity index is 1300. The van der Waals surface area contributed by atoms with Crippen LogP contribution in [0.1, 0.15) is 48.1 Å². The molecule has 1 aliphatic rings. The van der Waals surface area contributed by atoms with Gasteiger partial charge in [0.2, 0.25) is 0 Å². The largest absolute Gasteiger partial charge is 0.507 e. The molecule has 0 aliphatic carbocycles. The predicted octanol–water partition coefficient (Wildman–Crippen LogP) is 5.91. The molecule has 1 saturated heterocycles. The summed E-state index contributed by atoms with van der Waals surface area (Å²) in [4.78, 5) is 32.2. The monoisotopic (exact) mass is 520 g/mol. The fraction of sp³-hybridized carbons (Fsp3) is 0.222. The molecule has 34 heavy (non-hydrogen) atoms. The van der Waals surface area contributed by atoms with Crippen molar-refractivity contribution in [2.45, 2.75) is 32.7 Å². The van der Waals surface area contributed by atoms with E-state index in [0.717, 1.165) is 15.6 Å². The van der Waals surface area contributed by atoms with Crippen LogP contribution in [0.25, 0.3) is 5.76 Å². The number of halogens is 1. The number of carbonyl (C=O) groups excluding carboxylic acids is 2. The molecule has 0 spiro atoms. The van der Waals surface area contributed by atoms with Gasteiger partial charge < -0.3 is 9.84 Å². The lowest BCUT2D eigenvalue weighted by atomic mass is 9.91. The number of methoxy groups -OCH3 is 1. The highest BCUT2D eigenvalue weighted by Crippen LogP contribution is 2.43. The van der Waals surface area contributed by atoms with Gasteiger partial charge in [0.1, 0.15) is 11.5 Å². The molecule has 6 nitrogen and oxygen atoms in total. The summed E-state index contributed by atoms with van der Waals surface area (Å²) in [5.41, 5.74) is 3.31. The molecule has 1 amide bonds. The zero-order chi connectivity index (χ0) is 24.6. The molecular weight excluding hydrogens is 496 g/mol. The number of anilines is 1. The van der Waals surface area contributed by atoms with E-state index in [9.17, 15) is 14.7 Å². The van der Waals surface area contributed by atoms with Crippen LogP contribution in [0.5, 0.6) is 5.75 Å². The van der Waals surface area contributed by atoms with Gasteiger partial charge in [0.05, 0.1) is 18.7 Å². The number of hydrogen-bond donors (Lipinski definition) is 1. The van der Waals surface area contributed by atoms with Crippen LogP contribution in [0, 0.1) is 6.92 Å². The summed E-state index contributed by atoms with van der Waals surface area (Å²) in [5.74, 6) is -0.828. The van der Waals surface area contributed by atoms with Gasteiger partial charge in [-0.05, 0) is 65.9 Å². The van der Waals surface area contributed by atoms with Crippen molar-refractivity contribution in [3.8, 4) is 5.75 Å². The molecule has 7 heteroatoms. The smallest absolute Gasteiger partial charge is 0.300 e. The van der Waals surface area contributed by atoms with Crippen molar-refractivity contribution in [1.29, 1.82) is 0 Å². The number of aromatic nitrogens is 1. The minimum absolute atomic E-state index is 0.0287. The Morgan fingerprint density at radius 3 is 2.53 bits per heavy atom. The van der Waals surface area contributed by atoms with Crippen LogP contribution in [0.4, 0.5) is 5.69 Å². The van der Waals surface area contributed by atoms with Crippen LogP contribution in [-0.2, 0) is 9.59 Å². The van der Waals surface area contributed by atoms with E-state index in [1.807, 2.05) is 39.0 Å². The van der Waals surface area contributed by atoms with Crippen molar-refractivity contribution in [3.05, 3.63) is 93.2 Å². The molecule has 3 aromatic rings. The van der Waals surface area contributed by atoms with Gasteiger partial charge in [0, 0.05) is 28.1 Å². The number of aliphatic hydroxyl groups is 1. The molecule has 1 atom stereocenters. The van der Waals surface area contributed by atoms with Gasteiger partial charge in [0.25, 0.3) is 11.7 Å². The molecule has 0 bridgehead atoms. The topological polar surface area (TPSA) is 79.7 Å². The first kappa shape index (κ1) is 23.7. The number of rotatable bonds is 5. The van der Waals surface area contributed by atoms with E-state index in [0.29, 0.717) is 22.6 Å². The van der Waals surface area contributed by atoms with Crippen molar-refractivity contribution >= 4 is 39.1 Å². The van der Waals surface area contributed by atoms with E-state index in [1.54, 1.807) is 49.8 Å². The maximum Gasteiger partial charge on any atom is 0.300 e. The second kappa shape index (κ2) is 9.43. The van der Waals surface area contributed by atoms with Crippen molar-refractivity contribution in [2.75, 3.05) is 12.0 Å². The minimum atomic E-state index is -0.827. The number of benzene rings is 2. The van der Waals surface area contributed by atoms with E-state index < -0.39 is 17.7 Å². The van der Waals surface area contributed by atoms with Crippen molar-refractivity contribution in [1.82, 2.24) is 4.98 Å². The van der Waals surface area contributed by atoms with Crippen molar-refractivity contribution < 1.29 is 19.4 Å². The third kappa shape index (κ3) is 4.12. The average molecular weight is 521 g/mol. The Morgan fingerprint density at radius 1 is 1.15 bits per heavy atom. The SMILES string of the molecule is COc1cc(C)c(/C(O)=C2\C(=O)C(=O)N(c3cccc(Br)c3)C2c2cccnc2)cc1C(C)C. The third-order valence-electron chi connectivity index (χ3n) is 5.98. The molecule has 2 aromatic carbocycles. The molecule has 4 rings (SSSR count). The van der Waals surface area contributed by atoms with Gasteiger partial charge >= 0.3 is 0 Å². The predicted molar refractivity (Wildman–Crippen MR) is 135 cm³/mol. The Morgan fingerprint density at radius 2 is 1.91 bits per heavy atom. The van der Waals surface area contributed by atoms with Crippen molar-refractivity contribution in [2.24, 2.45) is 0 Å². The summed E-state index contributed by atoms with van der Waals surface area (Å²) >= 11 is 3.44. The zero-order valence-corrected chi connectivity index (χ0v) is 21.0. The zero-order valence-electron chi connectivity index (χ0n) is 19.4. The number of pyridine rings is 1. The van der Waals surface area contributed by atoms with E-state index >= 15 is 0 Å². The maximum absolute atomic E-state index is 13.4. The second-order valence-corrected chi connectivity index (χ2v) is 9.41. The van der Waals surface area contributed by atoms with Crippen LogP contribution in [0.3, 0.4) is 0 Å². The fourth-order valence-electron chi connectivity index (χ4n) is 4.30. The molecule has 1 unspecified atom stereocenters. The normalized spacial score (nSPS) is 17.5. The molecular formula is C27H25BrN2O4. The number of amides is 1. The number of aryl methyl sites for hydroxylation is 1. The van der Waals surface area contributed by atoms with Crippen LogP contribution in [-0.4, -0.2) is 28.9 Å². The first-order chi connectivity index (χ1) is 16.2. The van der Waals surface area contributed by atoms with E-state index in [1.165, 1.54) is 4.90 Å². The number of ether oxygens (including phenoxy) is 1. The third-order valence-corrected chi connectivity index (χ3v) is 6.48. The summed E-state index contributed by atoms with van der Waals surface area (Å²) < 4.78 is 6.29. The summed E-state index contributed by atoms with van der Waals surface area (Å²) in [6.07, 6.45) is 3.23. The highest BCUT2D eigenvalue weighted by molar-refractivity contribution is 9.10. The molecule has 1 N–H and O–H groups in total. The van der Waals surface area contributed by atoms with Gasteiger partial charge in [-0.15, -0.1) is 0 Å². The quantitative estimate of drug-likeness (QED) is 0.257. The molecule has 2 heterocycles. The highest BCUT2D eigenvalue weighted by Gasteiger charge is 2.47. The average Bonchev–Trinajstić information content (AvgIpc) is 3.09. The van der Waals surface area contributed by atoms with Crippen LogP contribution in [0.15, 0.2) is 71.0 Å². The number of nitrogens with zero attached hydrogens (tertiary/aromatic N) is 2. The Hall–Kier alpha value is -3.45. The fourth-order valence-corrected chi connectivity index (χ4v) is 4.69. The summed E-state index contributed by atoms with van der Waals surface area (Å²) in [6.45, 7) is 5.89. The number of aliphatic hydroxyl groups excluding tert-OH is 1. The molecule has 0 radical (unpaired) electrons. The Kier molecular flexibility index (Phi) is 6.57. The Balaban J connectivity index is 1.98. The lowest BCUT2D eigenvalue weighted by Gasteiger charge is -2.25. The van der Waals surface area contributed by atoms with E-state index in [2.05, 4.69) is 20.9 Å². The molecule has 0 saturated carbocycles. The number of Topliss-reactive ketones (excluding diaryl/α,β-unsaturated/α-hetero) is 1. The van der Waals surface area contributed by atoms with Gasteiger partial charge in [-0.3, -0.25) is 19.5 Å². The summed E-state index contributed by atoms with van der Waals surface area (Å²) in [5, 5.41) is 11.5. The van der Waals surface area contributed by atoms with Crippen LogP contribution < -0.4 is 9.64 Å². The van der Waals surface area contributed by atoms with Gasteiger partial charge in [0.15, 0.2) is 0 Å². The van der Waals surface area contributed by atoms with E-state index in [4.69, 9.17) is 4.74 Å². The second-order valence-electron chi connectivity index (χ2n) is 8.50. The first-order valence-electron chi connectivity index (χ1n) is 10.9. The minimum Gasteiger partial charge on any atom is -0.507 e. The summed E-state index contributed by atoms with van der Waals surface area (Å²) in [7, 11) is 1.60. The number of carbonyl (C=O) groups is 2. The van der Waals surface area contributed by atoms with Gasteiger partial charge in [-0.2, -0.15) is 0 Å². The van der Waals surface area contributed by atoms with E-state index in [-0.39, 0.29) is 17.3 Å². The van der Waals surface area contributed by atoms with Gasteiger partial charge in [-0.1, -0.05) is 41.9 Å². The Labute approximate surface area is 207 Å². The lowest BCUT2D eigenvalue weighted by molar-refractivity contribution is -0.132. The summed E-state index contributed by atoms with van der Waals surface area (Å²) in [6, 6.07) is 13.5. The maximum atomic E-state index is 13.4. The lowest BCUT2D eigenvalue weighted by Crippen LogP contribution is -2.29. The number of hydrogen-bond acceptors (Lipinski definition) is 5. The first-order valence-corrected chi connectivity index (χ1v) is 11.7. The standard InChI is InChI=1S/C27H25BrN2O4/c1-15(2)20-13-21(16(3)11-22(20)34-4)25(31)23-24(17-7-6-10-29-14-17)30(27(33)26(23)32)19-9-5-8-18(28)12-19/h5-15,24,31H,1-4H3/b25-23+.